The first-order chi connectivity index (χ1) is 9.65. The van der Waals surface area contributed by atoms with Gasteiger partial charge >= 0.3 is 0 Å². The van der Waals surface area contributed by atoms with E-state index >= 15 is 0 Å². The fraction of sp³-hybridized carbons (Fsp3) is 0.571. The molecular weight excluding hydrogens is 261 g/mol. The Kier molecular flexibility index (Phi) is 4.89. The van der Waals surface area contributed by atoms with Crippen LogP contribution in [0.4, 0.5) is 10.2 Å². The monoisotopic (exact) mass is 281 g/mol. The summed E-state index contributed by atoms with van der Waals surface area (Å²) in [6.07, 6.45) is 2.66. The molecule has 1 aliphatic rings. The van der Waals surface area contributed by atoms with Crippen LogP contribution in [0.25, 0.3) is 0 Å². The van der Waals surface area contributed by atoms with E-state index in [4.69, 9.17) is 5.11 Å². The maximum absolute atomic E-state index is 13.3. The first kappa shape index (κ1) is 14.7. The summed E-state index contributed by atoms with van der Waals surface area (Å²) < 4.78 is 13.3. The van der Waals surface area contributed by atoms with Crippen LogP contribution < -0.4 is 5.32 Å². The van der Waals surface area contributed by atoms with E-state index in [-0.39, 0.29) is 24.0 Å². The lowest BCUT2D eigenvalue weighted by atomic mass is 9.97. The number of nitrogens with zero attached hydrogens (tertiary/aromatic N) is 2. The maximum atomic E-state index is 13.3. The number of pyridine rings is 1. The Labute approximate surface area is 117 Å². The molecule has 1 saturated heterocycles. The Balaban J connectivity index is 2.14. The van der Waals surface area contributed by atoms with Crippen molar-refractivity contribution in [2.75, 3.05) is 31.6 Å². The van der Waals surface area contributed by atoms with Gasteiger partial charge in [0.1, 0.15) is 11.6 Å². The molecule has 0 spiro atoms. The lowest BCUT2D eigenvalue weighted by molar-refractivity contribution is 0.0651. The minimum atomic E-state index is -0.514. The summed E-state index contributed by atoms with van der Waals surface area (Å²) in [7, 11) is 0. The second-order valence-corrected chi connectivity index (χ2v) is 5.00. The molecule has 0 bridgehead atoms. The second-order valence-electron chi connectivity index (χ2n) is 5.00. The van der Waals surface area contributed by atoms with E-state index in [1.54, 1.807) is 4.90 Å². The molecule has 0 unspecified atom stereocenters. The Morgan fingerprint density at radius 2 is 2.25 bits per heavy atom. The van der Waals surface area contributed by atoms with Gasteiger partial charge in [-0.05, 0) is 31.7 Å². The van der Waals surface area contributed by atoms with Crippen molar-refractivity contribution in [1.82, 2.24) is 9.88 Å². The highest BCUT2D eigenvalue weighted by Gasteiger charge is 2.25. The van der Waals surface area contributed by atoms with Crippen LogP contribution in [0.1, 0.15) is 30.1 Å². The van der Waals surface area contributed by atoms with Gasteiger partial charge in [-0.2, -0.15) is 0 Å². The number of aliphatic hydroxyl groups is 1. The number of aliphatic hydroxyl groups excluding tert-OH is 1. The molecule has 2 N–H and O–H groups in total. The van der Waals surface area contributed by atoms with Gasteiger partial charge < -0.3 is 15.3 Å². The summed E-state index contributed by atoms with van der Waals surface area (Å²) >= 11 is 0. The van der Waals surface area contributed by atoms with Gasteiger partial charge in [-0.3, -0.25) is 4.79 Å². The van der Waals surface area contributed by atoms with E-state index in [2.05, 4.69) is 10.3 Å². The molecule has 6 heteroatoms. The number of aromatic nitrogens is 1. The fourth-order valence-corrected chi connectivity index (χ4v) is 2.40. The molecule has 1 aliphatic heterocycles. The lowest BCUT2D eigenvalue weighted by Gasteiger charge is -2.31. The molecule has 0 radical (unpaired) electrons. The van der Waals surface area contributed by atoms with Crippen molar-refractivity contribution in [2.24, 2.45) is 5.92 Å². The van der Waals surface area contributed by atoms with Crippen molar-refractivity contribution in [3.05, 3.63) is 23.6 Å². The molecule has 0 aromatic carbocycles. The first-order valence-electron chi connectivity index (χ1n) is 6.95. The minimum Gasteiger partial charge on any atom is -0.396 e. The molecule has 5 nitrogen and oxygen atoms in total. The van der Waals surface area contributed by atoms with Gasteiger partial charge in [-0.15, -0.1) is 0 Å². The number of nitrogens with one attached hydrogen (secondary N) is 1. The average molecular weight is 281 g/mol. The van der Waals surface area contributed by atoms with Gasteiger partial charge in [0.25, 0.3) is 5.91 Å². The Morgan fingerprint density at radius 1 is 1.55 bits per heavy atom. The van der Waals surface area contributed by atoms with Crippen LogP contribution in [0, 0.1) is 11.7 Å². The molecule has 2 rings (SSSR count). The van der Waals surface area contributed by atoms with Gasteiger partial charge in [0.05, 0.1) is 11.8 Å². The van der Waals surface area contributed by atoms with Crippen molar-refractivity contribution in [2.45, 2.75) is 19.8 Å². The number of hydrogen-bond donors (Lipinski definition) is 2. The van der Waals surface area contributed by atoms with Gasteiger partial charge in [0.15, 0.2) is 0 Å². The van der Waals surface area contributed by atoms with Crippen LogP contribution in [0.2, 0.25) is 0 Å². The Hall–Kier alpha value is -1.69. The van der Waals surface area contributed by atoms with Crippen molar-refractivity contribution in [1.29, 1.82) is 0 Å². The third-order valence-electron chi connectivity index (χ3n) is 3.59. The number of piperidine rings is 1. The highest BCUT2D eigenvalue weighted by molar-refractivity contribution is 5.98. The molecule has 0 aliphatic carbocycles. The number of hydrogen-bond acceptors (Lipinski definition) is 4. The van der Waals surface area contributed by atoms with E-state index in [1.807, 2.05) is 6.92 Å². The summed E-state index contributed by atoms with van der Waals surface area (Å²) in [6.45, 7) is 3.85. The van der Waals surface area contributed by atoms with Crippen LogP contribution in [-0.2, 0) is 0 Å². The molecule has 1 aromatic heterocycles. The molecular formula is C14H20FN3O2. The van der Waals surface area contributed by atoms with E-state index in [9.17, 15) is 9.18 Å². The summed E-state index contributed by atoms with van der Waals surface area (Å²) in [5, 5.41) is 12.1. The largest absolute Gasteiger partial charge is 0.396 e. The van der Waals surface area contributed by atoms with Crippen LogP contribution in [0.5, 0.6) is 0 Å². The number of carbonyl (C=O) groups excluding carboxylic acids is 1. The van der Waals surface area contributed by atoms with Crippen molar-refractivity contribution in [3.63, 3.8) is 0 Å². The number of carbonyl (C=O) groups is 1. The Bertz CT molecular complexity index is 473. The summed E-state index contributed by atoms with van der Waals surface area (Å²) in [5.74, 6) is -0.0364. The zero-order chi connectivity index (χ0) is 14.5. The molecule has 1 amide bonds. The molecule has 2 heterocycles. The fourth-order valence-electron chi connectivity index (χ4n) is 2.40. The quantitative estimate of drug-likeness (QED) is 0.877. The molecule has 110 valence electrons. The zero-order valence-electron chi connectivity index (χ0n) is 11.6. The average Bonchev–Trinajstić information content (AvgIpc) is 2.48. The maximum Gasteiger partial charge on any atom is 0.257 e. The lowest BCUT2D eigenvalue weighted by Crippen LogP contribution is -2.39. The predicted molar refractivity (Wildman–Crippen MR) is 74.1 cm³/mol. The second kappa shape index (κ2) is 6.65. The smallest absolute Gasteiger partial charge is 0.257 e. The highest BCUT2D eigenvalue weighted by atomic mass is 19.1. The van der Waals surface area contributed by atoms with Gasteiger partial charge in [-0.25, -0.2) is 9.37 Å². The van der Waals surface area contributed by atoms with Crippen molar-refractivity contribution in [3.8, 4) is 0 Å². The van der Waals surface area contributed by atoms with E-state index in [0.717, 1.165) is 19.0 Å². The van der Waals surface area contributed by atoms with E-state index in [1.165, 1.54) is 6.07 Å². The molecule has 0 atom stereocenters. The van der Waals surface area contributed by atoms with Crippen molar-refractivity contribution >= 4 is 11.7 Å². The molecule has 1 fully saturated rings. The van der Waals surface area contributed by atoms with Crippen LogP contribution in [0.3, 0.4) is 0 Å². The van der Waals surface area contributed by atoms with Crippen molar-refractivity contribution < 1.29 is 14.3 Å². The Morgan fingerprint density at radius 3 is 2.85 bits per heavy atom. The number of anilines is 1. The molecule has 0 saturated carbocycles. The number of rotatable bonds is 4. The topological polar surface area (TPSA) is 65.5 Å². The number of likely N-dealkylation sites (tertiary alicyclic amines) is 1. The molecule has 20 heavy (non-hydrogen) atoms. The minimum absolute atomic E-state index is 0.159. The number of halogens is 1. The van der Waals surface area contributed by atoms with Crippen LogP contribution >= 0.6 is 0 Å². The van der Waals surface area contributed by atoms with E-state index in [0.29, 0.717) is 25.5 Å². The third-order valence-corrected chi connectivity index (χ3v) is 3.59. The van der Waals surface area contributed by atoms with Crippen LogP contribution in [0.15, 0.2) is 12.3 Å². The SMILES string of the molecule is CCNc1ncc(F)cc1C(=O)N1CCC(CO)CC1. The van der Waals surface area contributed by atoms with Gasteiger partial charge in [0, 0.05) is 26.2 Å². The number of amides is 1. The zero-order valence-corrected chi connectivity index (χ0v) is 11.6. The standard InChI is InChI=1S/C14H20FN3O2/c1-2-16-13-12(7-11(15)8-17-13)14(20)18-5-3-10(9-19)4-6-18/h7-8,10,19H,2-6,9H2,1H3,(H,16,17). The summed E-state index contributed by atoms with van der Waals surface area (Å²) in [4.78, 5) is 18.1. The summed E-state index contributed by atoms with van der Waals surface area (Å²) in [6, 6.07) is 1.23. The third kappa shape index (κ3) is 3.25. The predicted octanol–water partition coefficient (Wildman–Crippen LogP) is 1.50. The van der Waals surface area contributed by atoms with Crippen LogP contribution in [-0.4, -0.2) is 47.1 Å². The highest BCUT2D eigenvalue weighted by Crippen LogP contribution is 2.21. The first-order valence-corrected chi connectivity index (χ1v) is 6.95. The van der Waals surface area contributed by atoms with Gasteiger partial charge in [-0.1, -0.05) is 0 Å². The summed E-state index contributed by atoms with van der Waals surface area (Å²) in [5.41, 5.74) is 0.272. The normalized spacial score (nSPS) is 16.2. The van der Waals surface area contributed by atoms with Gasteiger partial charge in [0.2, 0.25) is 0 Å². The van der Waals surface area contributed by atoms with E-state index < -0.39 is 5.82 Å². The molecule has 1 aromatic rings.